The van der Waals surface area contributed by atoms with Crippen molar-refractivity contribution in [3.05, 3.63) is 47.2 Å². The number of fused-ring (bicyclic) bond motifs is 1. The largest absolute Gasteiger partial charge is 0.497 e. The fourth-order valence-corrected chi connectivity index (χ4v) is 2.46. The highest BCUT2D eigenvalue weighted by Gasteiger charge is 2.11. The van der Waals surface area contributed by atoms with Gasteiger partial charge in [0.25, 0.3) is 0 Å². The van der Waals surface area contributed by atoms with E-state index in [1.165, 1.54) is 0 Å². The maximum atomic E-state index is 5.40. The number of methoxy groups -OCH3 is 2. The first-order valence-electron chi connectivity index (χ1n) is 6.08. The molecule has 4 nitrogen and oxygen atoms in total. The molecule has 0 bridgehead atoms. The number of benzene rings is 1. The van der Waals surface area contributed by atoms with Crippen LogP contribution < -0.4 is 9.47 Å². The zero-order valence-electron chi connectivity index (χ0n) is 11.1. The van der Waals surface area contributed by atoms with Gasteiger partial charge in [-0.15, -0.1) is 0 Å². The van der Waals surface area contributed by atoms with Gasteiger partial charge in [-0.2, -0.15) is 0 Å². The standard InChI is InChI=1S/C15H13BrN2O2/c1-19-11-4-5-14(20-2)12(7-11)13-9-18-8-10(16)3-6-15(18)17-13/h3-9H,1-2H3. The van der Waals surface area contributed by atoms with E-state index in [4.69, 9.17) is 9.47 Å². The van der Waals surface area contributed by atoms with Crippen LogP contribution in [0.5, 0.6) is 11.5 Å². The van der Waals surface area contributed by atoms with Crippen LogP contribution in [0.1, 0.15) is 0 Å². The molecule has 0 saturated heterocycles. The van der Waals surface area contributed by atoms with Crippen LogP contribution >= 0.6 is 15.9 Å². The first kappa shape index (κ1) is 13.0. The zero-order valence-corrected chi connectivity index (χ0v) is 12.7. The predicted molar refractivity (Wildman–Crippen MR) is 81.4 cm³/mol. The fourth-order valence-electron chi connectivity index (χ4n) is 2.11. The quantitative estimate of drug-likeness (QED) is 0.732. The van der Waals surface area contributed by atoms with E-state index in [0.717, 1.165) is 32.9 Å². The van der Waals surface area contributed by atoms with E-state index in [9.17, 15) is 0 Å². The van der Waals surface area contributed by atoms with Gasteiger partial charge in [-0.25, -0.2) is 4.98 Å². The van der Waals surface area contributed by atoms with Gasteiger partial charge in [0.05, 0.1) is 19.9 Å². The van der Waals surface area contributed by atoms with Crippen molar-refractivity contribution in [1.29, 1.82) is 0 Å². The fraction of sp³-hybridized carbons (Fsp3) is 0.133. The monoisotopic (exact) mass is 332 g/mol. The van der Waals surface area contributed by atoms with Gasteiger partial charge in [0.15, 0.2) is 0 Å². The molecule has 0 radical (unpaired) electrons. The number of hydrogen-bond acceptors (Lipinski definition) is 3. The van der Waals surface area contributed by atoms with Gasteiger partial charge in [-0.05, 0) is 46.3 Å². The molecule has 0 aliphatic rings. The summed E-state index contributed by atoms with van der Waals surface area (Å²) in [6, 6.07) is 9.60. The topological polar surface area (TPSA) is 35.8 Å². The molecule has 20 heavy (non-hydrogen) atoms. The molecule has 0 N–H and O–H groups in total. The number of halogens is 1. The lowest BCUT2D eigenvalue weighted by Gasteiger charge is -2.08. The van der Waals surface area contributed by atoms with Gasteiger partial charge in [0.1, 0.15) is 17.1 Å². The van der Waals surface area contributed by atoms with Crippen molar-refractivity contribution in [3.63, 3.8) is 0 Å². The Balaban J connectivity index is 2.18. The average Bonchev–Trinajstić information content (AvgIpc) is 2.89. The summed E-state index contributed by atoms with van der Waals surface area (Å²) < 4.78 is 13.7. The molecule has 0 fully saturated rings. The Bertz CT molecular complexity index is 768. The lowest BCUT2D eigenvalue weighted by Crippen LogP contribution is -1.90. The van der Waals surface area contributed by atoms with Gasteiger partial charge in [-0.3, -0.25) is 0 Å². The summed E-state index contributed by atoms with van der Waals surface area (Å²) in [4.78, 5) is 4.61. The van der Waals surface area contributed by atoms with E-state index >= 15 is 0 Å². The number of hydrogen-bond donors (Lipinski definition) is 0. The Kier molecular flexibility index (Phi) is 3.36. The van der Waals surface area contributed by atoms with E-state index in [0.29, 0.717) is 0 Å². The second kappa shape index (κ2) is 5.17. The maximum Gasteiger partial charge on any atom is 0.137 e. The highest BCUT2D eigenvalue weighted by Crippen LogP contribution is 2.33. The minimum absolute atomic E-state index is 0.772. The second-order valence-corrected chi connectivity index (χ2v) is 5.22. The van der Waals surface area contributed by atoms with E-state index in [2.05, 4.69) is 20.9 Å². The Morgan fingerprint density at radius 2 is 1.90 bits per heavy atom. The number of aromatic nitrogens is 2. The number of pyridine rings is 1. The number of nitrogens with zero attached hydrogens (tertiary/aromatic N) is 2. The highest BCUT2D eigenvalue weighted by molar-refractivity contribution is 9.10. The van der Waals surface area contributed by atoms with Crippen LogP contribution in [0.4, 0.5) is 0 Å². The SMILES string of the molecule is COc1ccc(OC)c(-c2cn3cc(Br)ccc3n2)c1. The van der Waals surface area contributed by atoms with Gasteiger partial charge < -0.3 is 13.9 Å². The predicted octanol–water partition coefficient (Wildman–Crippen LogP) is 3.78. The minimum atomic E-state index is 0.772. The van der Waals surface area contributed by atoms with E-state index in [1.54, 1.807) is 14.2 Å². The molecule has 0 amide bonds. The number of ether oxygens (including phenoxy) is 2. The summed E-state index contributed by atoms with van der Waals surface area (Å²) in [6.45, 7) is 0. The van der Waals surface area contributed by atoms with E-state index in [1.807, 2.05) is 47.1 Å². The van der Waals surface area contributed by atoms with Gasteiger partial charge >= 0.3 is 0 Å². The Labute approximate surface area is 125 Å². The van der Waals surface area contributed by atoms with Crippen LogP contribution in [0.2, 0.25) is 0 Å². The lowest BCUT2D eigenvalue weighted by atomic mass is 10.1. The van der Waals surface area contributed by atoms with Gasteiger partial charge in [0.2, 0.25) is 0 Å². The van der Waals surface area contributed by atoms with Crippen molar-refractivity contribution in [1.82, 2.24) is 9.38 Å². The third-order valence-electron chi connectivity index (χ3n) is 3.10. The average molecular weight is 333 g/mol. The van der Waals surface area contributed by atoms with Crippen LogP contribution in [0.3, 0.4) is 0 Å². The van der Waals surface area contributed by atoms with Gasteiger partial charge in [0, 0.05) is 22.4 Å². The molecular weight excluding hydrogens is 320 g/mol. The van der Waals surface area contributed by atoms with E-state index in [-0.39, 0.29) is 0 Å². The van der Waals surface area contributed by atoms with Crippen molar-refractivity contribution in [2.24, 2.45) is 0 Å². The van der Waals surface area contributed by atoms with Crippen molar-refractivity contribution >= 4 is 21.6 Å². The molecule has 5 heteroatoms. The third-order valence-corrected chi connectivity index (χ3v) is 3.57. The molecule has 3 rings (SSSR count). The third kappa shape index (κ3) is 2.25. The van der Waals surface area contributed by atoms with Crippen molar-refractivity contribution < 1.29 is 9.47 Å². The number of rotatable bonds is 3. The van der Waals surface area contributed by atoms with Crippen LogP contribution in [-0.2, 0) is 0 Å². The summed E-state index contributed by atoms with van der Waals surface area (Å²) in [5.74, 6) is 1.55. The maximum absolute atomic E-state index is 5.40. The minimum Gasteiger partial charge on any atom is -0.497 e. The smallest absolute Gasteiger partial charge is 0.137 e. The lowest BCUT2D eigenvalue weighted by molar-refractivity contribution is 0.404. The molecule has 3 aromatic rings. The Hall–Kier alpha value is -2.01. The summed E-state index contributed by atoms with van der Waals surface area (Å²) >= 11 is 3.46. The van der Waals surface area contributed by atoms with Crippen LogP contribution in [-0.4, -0.2) is 23.6 Å². The second-order valence-electron chi connectivity index (χ2n) is 4.31. The summed E-state index contributed by atoms with van der Waals surface area (Å²) in [7, 11) is 3.30. The summed E-state index contributed by atoms with van der Waals surface area (Å²) in [5.41, 5.74) is 2.64. The molecule has 1 aromatic carbocycles. The Morgan fingerprint density at radius 3 is 2.65 bits per heavy atom. The normalized spacial score (nSPS) is 10.8. The Morgan fingerprint density at radius 1 is 1.05 bits per heavy atom. The molecule has 0 aliphatic heterocycles. The molecule has 0 aliphatic carbocycles. The summed E-state index contributed by atoms with van der Waals surface area (Å²) in [5, 5.41) is 0. The zero-order chi connectivity index (χ0) is 14.1. The van der Waals surface area contributed by atoms with Gasteiger partial charge in [-0.1, -0.05) is 0 Å². The van der Waals surface area contributed by atoms with Crippen LogP contribution in [0, 0.1) is 0 Å². The molecular formula is C15H13BrN2O2. The van der Waals surface area contributed by atoms with E-state index < -0.39 is 0 Å². The van der Waals surface area contributed by atoms with Crippen molar-refractivity contribution in [3.8, 4) is 22.8 Å². The highest BCUT2D eigenvalue weighted by atomic mass is 79.9. The molecule has 0 unspecified atom stereocenters. The van der Waals surface area contributed by atoms with Crippen molar-refractivity contribution in [2.45, 2.75) is 0 Å². The summed E-state index contributed by atoms with van der Waals surface area (Å²) in [6.07, 6.45) is 3.94. The molecule has 2 heterocycles. The van der Waals surface area contributed by atoms with Crippen molar-refractivity contribution in [2.75, 3.05) is 14.2 Å². The van der Waals surface area contributed by atoms with Crippen LogP contribution in [0.25, 0.3) is 16.9 Å². The van der Waals surface area contributed by atoms with Crippen LogP contribution in [0.15, 0.2) is 47.2 Å². The first-order valence-corrected chi connectivity index (χ1v) is 6.87. The molecule has 102 valence electrons. The molecule has 0 atom stereocenters. The number of imidazole rings is 1. The first-order chi connectivity index (χ1) is 9.71. The molecule has 2 aromatic heterocycles. The molecule has 0 saturated carbocycles. The molecule has 0 spiro atoms.